The lowest BCUT2D eigenvalue weighted by atomic mass is 9.89. The van der Waals surface area contributed by atoms with E-state index >= 15 is 0 Å². The van der Waals surface area contributed by atoms with Gasteiger partial charge in [-0.1, -0.05) is 26.0 Å². The highest BCUT2D eigenvalue weighted by Crippen LogP contribution is 2.34. The van der Waals surface area contributed by atoms with E-state index in [2.05, 4.69) is 5.10 Å². The molecule has 0 atom stereocenters. The number of aromatic nitrogens is 2. The van der Waals surface area contributed by atoms with Gasteiger partial charge in [0.2, 0.25) is 0 Å². The van der Waals surface area contributed by atoms with Crippen LogP contribution in [0.15, 0.2) is 21.8 Å². The molecule has 0 unspecified atom stereocenters. The first-order valence-corrected chi connectivity index (χ1v) is 9.92. The van der Waals surface area contributed by atoms with E-state index in [1.807, 2.05) is 32.9 Å². The van der Waals surface area contributed by atoms with Crippen molar-refractivity contribution < 1.29 is 8.42 Å². The molecule has 1 aromatic carbocycles. The van der Waals surface area contributed by atoms with Crippen LogP contribution in [0.1, 0.15) is 36.2 Å². The molecule has 0 N–H and O–H groups in total. The molecule has 0 aliphatic heterocycles. The van der Waals surface area contributed by atoms with Crippen molar-refractivity contribution in [2.24, 2.45) is 7.05 Å². The highest BCUT2D eigenvalue weighted by Gasteiger charge is 2.26. The molecular formula is C18H24N2O3S. The summed E-state index contributed by atoms with van der Waals surface area (Å²) < 4.78 is 26.0. The Kier molecular flexibility index (Phi) is 4.99. The summed E-state index contributed by atoms with van der Waals surface area (Å²) in [5.41, 5.74) is 4.03. The predicted molar refractivity (Wildman–Crippen MR) is 96.3 cm³/mol. The third kappa shape index (κ3) is 3.02. The lowest BCUT2D eigenvalue weighted by molar-refractivity contribution is 0.596. The molecule has 0 aliphatic rings. The van der Waals surface area contributed by atoms with Crippen molar-refractivity contribution >= 4 is 9.84 Å². The molecule has 0 spiro atoms. The van der Waals surface area contributed by atoms with E-state index in [1.165, 1.54) is 4.68 Å². The molecule has 24 heavy (non-hydrogen) atoms. The zero-order valence-electron chi connectivity index (χ0n) is 15.1. The van der Waals surface area contributed by atoms with Crippen LogP contribution in [0.2, 0.25) is 0 Å². The Balaban J connectivity index is 3.15. The van der Waals surface area contributed by atoms with E-state index in [4.69, 9.17) is 0 Å². The van der Waals surface area contributed by atoms with Crippen molar-refractivity contribution in [1.82, 2.24) is 9.78 Å². The van der Waals surface area contributed by atoms with Gasteiger partial charge in [0.25, 0.3) is 5.56 Å². The van der Waals surface area contributed by atoms with Crippen LogP contribution in [0.4, 0.5) is 0 Å². The average Bonchev–Trinajstić information content (AvgIpc) is 2.49. The van der Waals surface area contributed by atoms with Crippen LogP contribution in [-0.4, -0.2) is 24.5 Å². The monoisotopic (exact) mass is 348 g/mol. The third-order valence-corrected chi connectivity index (χ3v) is 5.59. The first kappa shape index (κ1) is 18.4. The Morgan fingerprint density at radius 1 is 1.08 bits per heavy atom. The fourth-order valence-corrected chi connectivity index (χ4v) is 4.43. The summed E-state index contributed by atoms with van der Waals surface area (Å²) in [6.45, 7) is 7.64. The van der Waals surface area contributed by atoms with Crippen molar-refractivity contribution in [2.45, 2.75) is 45.4 Å². The van der Waals surface area contributed by atoms with E-state index in [-0.39, 0.29) is 16.0 Å². The van der Waals surface area contributed by atoms with Gasteiger partial charge in [0.1, 0.15) is 4.90 Å². The topological polar surface area (TPSA) is 69.0 Å². The first-order valence-electron chi connectivity index (χ1n) is 8.03. The van der Waals surface area contributed by atoms with Gasteiger partial charge in [0.05, 0.1) is 11.3 Å². The molecule has 1 aromatic heterocycles. The Labute approximate surface area is 143 Å². The molecule has 0 amide bonds. The van der Waals surface area contributed by atoms with Gasteiger partial charge in [-0.3, -0.25) is 4.79 Å². The minimum Gasteiger partial charge on any atom is -0.267 e. The zero-order valence-corrected chi connectivity index (χ0v) is 15.9. The molecule has 2 aromatic rings. The second-order valence-corrected chi connectivity index (χ2v) is 8.05. The van der Waals surface area contributed by atoms with Crippen molar-refractivity contribution in [2.75, 3.05) is 6.26 Å². The lowest BCUT2D eigenvalue weighted by Gasteiger charge is -2.19. The normalized spacial score (nSPS) is 11.8. The molecule has 5 nitrogen and oxygen atoms in total. The second-order valence-electron chi connectivity index (χ2n) is 6.09. The minimum absolute atomic E-state index is 0.0422. The summed E-state index contributed by atoms with van der Waals surface area (Å²) in [6.07, 6.45) is 2.58. The summed E-state index contributed by atoms with van der Waals surface area (Å²) in [5.74, 6) is 0. The molecule has 0 aliphatic carbocycles. The largest absolute Gasteiger partial charge is 0.275 e. The van der Waals surface area contributed by atoms with Crippen molar-refractivity contribution in [3.05, 3.63) is 44.9 Å². The van der Waals surface area contributed by atoms with Gasteiger partial charge in [-0.05, 0) is 48.9 Å². The molecule has 0 radical (unpaired) electrons. The molecule has 0 saturated carbocycles. The molecule has 0 fully saturated rings. The maximum absolute atomic E-state index is 12.9. The third-order valence-electron chi connectivity index (χ3n) is 4.35. The van der Waals surface area contributed by atoms with Crippen LogP contribution >= 0.6 is 0 Å². The van der Waals surface area contributed by atoms with Crippen LogP contribution in [0.5, 0.6) is 0 Å². The van der Waals surface area contributed by atoms with Crippen molar-refractivity contribution in [3.63, 3.8) is 0 Å². The van der Waals surface area contributed by atoms with Crippen LogP contribution in [-0.2, 0) is 29.7 Å². The van der Waals surface area contributed by atoms with E-state index in [1.54, 1.807) is 14.0 Å². The predicted octanol–water partition coefficient (Wildman–Crippen LogP) is 2.59. The fourth-order valence-electron chi connectivity index (χ4n) is 3.29. The van der Waals surface area contributed by atoms with Crippen molar-refractivity contribution in [3.8, 4) is 11.1 Å². The van der Waals surface area contributed by atoms with Gasteiger partial charge in [-0.15, -0.1) is 0 Å². The number of aryl methyl sites for hydroxylation is 4. The SMILES string of the molecule is CCc1ccc(C)c(CC)c1-c1c(S(C)(=O)=O)c(C)nn(C)c1=O. The van der Waals surface area contributed by atoms with E-state index < -0.39 is 9.84 Å². The second kappa shape index (κ2) is 6.51. The van der Waals surface area contributed by atoms with Crippen LogP contribution in [0.3, 0.4) is 0 Å². The summed E-state index contributed by atoms with van der Waals surface area (Å²) in [5, 5.41) is 4.08. The molecule has 6 heteroatoms. The standard InChI is InChI=1S/C18H24N2O3S/c1-7-13-10-9-11(3)14(8-2)15(13)16-17(24(6,22)23)12(4)19-20(5)18(16)21/h9-10H,7-8H2,1-6H3. The first-order chi connectivity index (χ1) is 11.1. The van der Waals surface area contributed by atoms with Gasteiger partial charge in [-0.25, -0.2) is 13.1 Å². The highest BCUT2D eigenvalue weighted by atomic mass is 32.2. The molecule has 1 heterocycles. The Morgan fingerprint density at radius 3 is 2.21 bits per heavy atom. The maximum Gasteiger partial charge on any atom is 0.275 e. The smallest absolute Gasteiger partial charge is 0.267 e. The number of rotatable bonds is 4. The van der Waals surface area contributed by atoms with Gasteiger partial charge < -0.3 is 0 Å². The summed E-state index contributed by atoms with van der Waals surface area (Å²) in [7, 11) is -2.04. The van der Waals surface area contributed by atoms with Gasteiger partial charge in [-0.2, -0.15) is 5.10 Å². The number of benzene rings is 1. The van der Waals surface area contributed by atoms with Gasteiger partial charge in [0.15, 0.2) is 9.84 Å². The van der Waals surface area contributed by atoms with E-state index in [9.17, 15) is 13.2 Å². The number of hydrogen-bond donors (Lipinski definition) is 0. The molecule has 130 valence electrons. The Morgan fingerprint density at radius 2 is 1.71 bits per heavy atom. The van der Waals surface area contributed by atoms with E-state index in [0.717, 1.165) is 41.4 Å². The van der Waals surface area contributed by atoms with Crippen LogP contribution < -0.4 is 5.56 Å². The number of hydrogen-bond acceptors (Lipinski definition) is 4. The molecule has 0 bridgehead atoms. The van der Waals surface area contributed by atoms with E-state index in [0.29, 0.717) is 5.69 Å². The fraction of sp³-hybridized carbons (Fsp3) is 0.444. The summed E-state index contributed by atoms with van der Waals surface area (Å²) in [6, 6.07) is 4.00. The van der Waals surface area contributed by atoms with Crippen molar-refractivity contribution in [1.29, 1.82) is 0 Å². The molecule has 0 saturated heterocycles. The molecular weight excluding hydrogens is 324 g/mol. The van der Waals surface area contributed by atoms with Gasteiger partial charge in [0, 0.05) is 13.3 Å². The quantitative estimate of drug-likeness (QED) is 0.851. The lowest BCUT2D eigenvalue weighted by Crippen LogP contribution is -2.26. The summed E-state index contributed by atoms with van der Waals surface area (Å²) in [4.78, 5) is 12.9. The highest BCUT2D eigenvalue weighted by molar-refractivity contribution is 7.90. The number of nitrogens with zero attached hydrogens (tertiary/aromatic N) is 2. The zero-order chi connectivity index (χ0) is 18.2. The average molecular weight is 348 g/mol. The Hall–Kier alpha value is -1.95. The summed E-state index contributed by atoms with van der Waals surface area (Å²) >= 11 is 0. The molecule has 2 rings (SSSR count). The minimum atomic E-state index is -3.59. The number of sulfone groups is 1. The van der Waals surface area contributed by atoms with Gasteiger partial charge >= 0.3 is 0 Å². The maximum atomic E-state index is 12.9. The van der Waals surface area contributed by atoms with Crippen LogP contribution in [0, 0.1) is 13.8 Å². The van der Waals surface area contributed by atoms with Crippen LogP contribution in [0.25, 0.3) is 11.1 Å². The Bertz CT molecular complexity index is 957.